The van der Waals surface area contributed by atoms with Crippen molar-refractivity contribution in [3.63, 3.8) is 0 Å². The number of imidazole rings is 1. The fraction of sp³-hybridized carbons (Fsp3) is 0.600. The summed E-state index contributed by atoms with van der Waals surface area (Å²) < 4.78 is 33.4. The van der Waals surface area contributed by atoms with Crippen LogP contribution in [0.1, 0.15) is 26.7 Å². The van der Waals surface area contributed by atoms with Crippen LogP contribution in [0, 0.1) is 0 Å². The molecular formula is C15H22N5O7P. The molecule has 3 rings (SSSR count). The van der Waals surface area contributed by atoms with E-state index in [1.165, 1.54) is 13.0 Å². The first-order valence-corrected chi connectivity index (χ1v) is 10.5. The maximum atomic E-state index is 12.3. The van der Waals surface area contributed by atoms with Gasteiger partial charge in [0.1, 0.15) is 17.4 Å². The number of nitrogens with two attached hydrogens (primary N) is 1. The Hall–Kier alpha value is -2.27. The summed E-state index contributed by atoms with van der Waals surface area (Å²) in [5.41, 5.74) is 6.16. The highest BCUT2D eigenvalue weighted by Gasteiger charge is 2.48. The van der Waals surface area contributed by atoms with E-state index in [-0.39, 0.29) is 11.9 Å². The van der Waals surface area contributed by atoms with E-state index in [2.05, 4.69) is 19.7 Å². The van der Waals surface area contributed by atoms with Gasteiger partial charge < -0.3 is 19.8 Å². The van der Waals surface area contributed by atoms with Crippen LogP contribution in [-0.2, 0) is 34.7 Å². The van der Waals surface area contributed by atoms with E-state index in [4.69, 9.17) is 24.6 Å². The van der Waals surface area contributed by atoms with Crippen molar-refractivity contribution in [2.24, 2.45) is 0 Å². The highest BCUT2D eigenvalue weighted by atomic mass is 31.2. The molecule has 0 aromatic carbocycles. The van der Waals surface area contributed by atoms with E-state index >= 15 is 0 Å². The predicted octanol–water partition coefficient (Wildman–Crippen LogP) is 2.25. The fourth-order valence-corrected chi connectivity index (χ4v) is 2.88. The molecule has 1 aliphatic rings. The standard InChI is InChI=1S/C15H22N5O7P/c1-10(2)25-14(21)23-9-24-28(3,22)27-26-15(4-5-15)6-20-8-19-11-12(16)17-7-18-13(11)20/h7-8,10H,4-6,9H2,1-3H3,(H2,16,17,18). The molecule has 1 aliphatic carbocycles. The third kappa shape index (κ3) is 5.16. The Morgan fingerprint density at radius 3 is 2.79 bits per heavy atom. The van der Waals surface area contributed by atoms with Crippen molar-refractivity contribution in [2.45, 2.75) is 44.9 Å². The van der Waals surface area contributed by atoms with Crippen LogP contribution in [0.4, 0.5) is 10.6 Å². The van der Waals surface area contributed by atoms with Gasteiger partial charge in [-0.1, -0.05) is 0 Å². The average molecular weight is 415 g/mol. The monoisotopic (exact) mass is 415 g/mol. The molecule has 2 heterocycles. The normalized spacial score (nSPS) is 17.4. The Labute approximate surface area is 160 Å². The molecule has 0 radical (unpaired) electrons. The maximum Gasteiger partial charge on any atom is 0.510 e. The molecule has 2 aromatic heterocycles. The lowest BCUT2D eigenvalue weighted by atomic mass is 10.3. The number of hydrogen-bond donors (Lipinski definition) is 1. The lowest BCUT2D eigenvalue weighted by Gasteiger charge is -2.19. The highest BCUT2D eigenvalue weighted by molar-refractivity contribution is 7.52. The summed E-state index contributed by atoms with van der Waals surface area (Å²) in [4.78, 5) is 28.9. The molecule has 28 heavy (non-hydrogen) atoms. The molecule has 1 atom stereocenters. The second-order valence-corrected chi connectivity index (χ2v) is 8.67. The minimum Gasteiger partial charge on any atom is -0.432 e. The number of hydrogen-bond acceptors (Lipinski definition) is 11. The second-order valence-electron chi connectivity index (χ2n) is 6.72. The molecule has 1 fully saturated rings. The molecular weight excluding hydrogens is 393 g/mol. The van der Waals surface area contributed by atoms with Gasteiger partial charge in [-0.05, 0) is 26.7 Å². The number of carbonyl (C=O) groups excluding carboxylic acids is 1. The van der Waals surface area contributed by atoms with Gasteiger partial charge in [0.25, 0.3) is 0 Å². The Morgan fingerprint density at radius 2 is 2.11 bits per heavy atom. The Morgan fingerprint density at radius 1 is 1.36 bits per heavy atom. The van der Waals surface area contributed by atoms with Crippen LogP contribution in [0.2, 0.25) is 0 Å². The quantitative estimate of drug-likeness (QED) is 0.211. The van der Waals surface area contributed by atoms with Gasteiger partial charge in [0.2, 0.25) is 6.79 Å². The summed E-state index contributed by atoms with van der Waals surface area (Å²) >= 11 is 0. The Balaban J connectivity index is 1.51. The van der Waals surface area contributed by atoms with Gasteiger partial charge in [0.15, 0.2) is 11.5 Å². The zero-order valence-corrected chi connectivity index (χ0v) is 16.6. The lowest BCUT2D eigenvalue weighted by Crippen LogP contribution is -2.22. The number of anilines is 1. The minimum atomic E-state index is -3.61. The van der Waals surface area contributed by atoms with Crippen molar-refractivity contribution >= 4 is 30.7 Å². The van der Waals surface area contributed by atoms with Crippen molar-refractivity contribution in [1.82, 2.24) is 19.5 Å². The number of carbonyl (C=O) groups is 1. The minimum absolute atomic E-state index is 0.285. The van der Waals surface area contributed by atoms with Gasteiger partial charge in [0, 0.05) is 6.66 Å². The second kappa shape index (κ2) is 8.00. The first-order chi connectivity index (χ1) is 13.2. The van der Waals surface area contributed by atoms with Gasteiger partial charge in [-0.15, -0.1) is 4.67 Å². The Kier molecular flexibility index (Phi) is 5.84. The van der Waals surface area contributed by atoms with Crippen molar-refractivity contribution in [3.05, 3.63) is 12.7 Å². The van der Waals surface area contributed by atoms with Crippen LogP contribution in [0.25, 0.3) is 11.2 Å². The van der Waals surface area contributed by atoms with Gasteiger partial charge in [0.05, 0.1) is 19.0 Å². The number of ether oxygens (including phenoxy) is 2. The highest BCUT2D eigenvalue weighted by Crippen LogP contribution is 2.50. The molecule has 0 bridgehead atoms. The van der Waals surface area contributed by atoms with Gasteiger partial charge in [-0.2, -0.15) is 0 Å². The molecule has 13 heteroatoms. The summed E-state index contributed by atoms with van der Waals surface area (Å²) in [5, 5.41) is 0. The first-order valence-electron chi connectivity index (χ1n) is 8.54. The van der Waals surface area contributed by atoms with Crippen LogP contribution in [0.3, 0.4) is 0 Å². The zero-order chi connectivity index (χ0) is 20.4. The summed E-state index contributed by atoms with van der Waals surface area (Å²) in [6.07, 6.45) is 3.04. The van der Waals surface area contributed by atoms with E-state index in [9.17, 15) is 9.36 Å². The van der Waals surface area contributed by atoms with E-state index in [0.29, 0.717) is 30.6 Å². The average Bonchev–Trinajstić information content (AvgIpc) is 3.25. The number of rotatable bonds is 9. The molecule has 1 saturated carbocycles. The summed E-state index contributed by atoms with van der Waals surface area (Å²) in [6.45, 7) is 4.33. The van der Waals surface area contributed by atoms with Crippen molar-refractivity contribution < 1.29 is 32.9 Å². The first kappa shape index (κ1) is 20.5. The van der Waals surface area contributed by atoms with E-state index in [1.54, 1.807) is 24.7 Å². The number of nitrogens with zero attached hydrogens (tertiary/aromatic N) is 4. The number of nitrogen functional groups attached to an aromatic ring is 1. The zero-order valence-electron chi connectivity index (χ0n) is 15.7. The molecule has 0 saturated heterocycles. The molecule has 0 spiro atoms. The molecule has 1 unspecified atom stereocenters. The molecule has 0 aliphatic heterocycles. The van der Waals surface area contributed by atoms with E-state index < -0.39 is 26.1 Å². The van der Waals surface area contributed by atoms with Gasteiger partial charge >= 0.3 is 13.8 Å². The predicted molar refractivity (Wildman–Crippen MR) is 96.1 cm³/mol. The number of fused-ring (bicyclic) bond motifs is 1. The molecule has 12 nitrogen and oxygen atoms in total. The summed E-state index contributed by atoms with van der Waals surface area (Å²) in [7, 11) is -3.61. The summed E-state index contributed by atoms with van der Waals surface area (Å²) in [5.74, 6) is 0.285. The molecule has 154 valence electrons. The number of aromatic nitrogens is 4. The maximum absolute atomic E-state index is 12.3. The SMILES string of the molecule is CC(C)OC(=O)OCOP(C)(=O)OOC1(Cn2cnc3c(N)ncnc32)CC1. The van der Waals surface area contributed by atoms with Crippen LogP contribution >= 0.6 is 7.60 Å². The molecule has 2 N–H and O–H groups in total. The van der Waals surface area contributed by atoms with Crippen molar-refractivity contribution in [1.29, 1.82) is 0 Å². The summed E-state index contributed by atoms with van der Waals surface area (Å²) in [6, 6.07) is 0. The van der Waals surface area contributed by atoms with Crippen molar-refractivity contribution in [3.8, 4) is 0 Å². The van der Waals surface area contributed by atoms with Gasteiger partial charge in [-0.3, -0.25) is 9.09 Å². The Bertz CT molecular complexity index is 898. The van der Waals surface area contributed by atoms with Crippen molar-refractivity contribution in [2.75, 3.05) is 19.2 Å². The largest absolute Gasteiger partial charge is 0.510 e. The van der Waals surface area contributed by atoms with Crippen LogP contribution in [-0.4, -0.2) is 50.8 Å². The van der Waals surface area contributed by atoms with Gasteiger partial charge in [-0.25, -0.2) is 24.6 Å². The smallest absolute Gasteiger partial charge is 0.432 e. The van der Waals surface area contributed by atoms with Crippen LogP contribution in [0.5, 0.6) is 0 Å². The van der Waals surface area contributed by atoms with E-state index in [1.807, 2.05) is 0 Å². The third-order valence-electron chi connectivity index (χ3n) is 3.84. The fourth-order valence-electron chi connectivity index (χ4n) is 2.30. The van der Waals surface area contributed by atoms with Crippen LogP contribution < -0.4 is 5.73 Å². The lowest BCUT2D eigenvalue weighted by molar-refractivity contribution is -0.268. The van der Waals surface area contributed by atoms with Crippen LogP contribution in [0.15, 0.2) is 12.7 Å². The molecule has 2 aromatic rings. The topological polar surface area (TPSA) is 150 Å². The third-order valence-corrected chi connectivity index (χ3v) is 4.76. The molecule has 0 amide bonds. The van der Waals surface area contributed by atoms with E-state index in [0.717, 1.165) is 0 Å².